The zero-order valence-corrected chi connectivity index (χ0v) is 15.8. The maximum Gasteiger partial charge on any atom is 0.325 e. The Morgan fingerprint density at radius 1 is 1.17 bits per heavy atom. The first-order valence-electron chi connectivity index (χ1n) is 9.82. The van der Waals surface area contributed by atoms with Crippen molar-refractivity contribution in [1.82, 2.24) is 15.5 Å². The zero-order chi connectivity index (χ0) is 20.0. The van der Waals surface area contributed by atoms with Crippen LogP contribution in [-0.2, 0) is 21.5 Å². The van der Waals surface area contributed by atoms with Crippen LogP contribution in [0, 0.1) is 0 Å². The minimum Gasteiger partial charge on any atom is -0.493 e. The fraction of sp³-hybridized carbons (Fsp3) is 0.318. The number of urea groups is 1. The van der Waals surface area contributed by atoms with Crippen molar-refractivity contribution in [3.63, 3.8) is 0 Å². The number of nitrogens with zero attached hydrogens (tertiary/aromatic N) is 1. The molecule has 2 unspecified atom stereocenters. The molecule has 5 rings (SSSR count). The van der Waals surface area contributed by atoms with Gasteiger partial charge in [0.15, 0.2) is 0 Å². The highest BCUT2D eigenvalue weighted by Crippen LogP contribution is 2.41. The summed E-state index contributed by atoms with van der Waals surface area (Å²) in [6, 6.07) is 14.5. The summed E-state index contributed by atoms with van der Waals surface area (Å²) in [6.45, 7) is 0.207. The molecule has 2 aromatic carbocycles. The van der Waals surface area contributed by atoms with Crippen molar-refractivity contribution in [2.75, 3.05) is 13.2 Å². The summed E-state index contributed by atoms with van der Waals surface area (Å²) < 4.78 is 5.62. The fourth-order valence-electron chi connectivity index (χ4n) is 4.61. The van der Waals surface area contributed by atoms with Gasteiger partial charge in [0.2, 0.25) is 5.91 Å². The molecule has 1 saturated heterocycles. The Labute approximate surface area is 168 Å². The summed E-state index contributed by atoms with van der Waals surface area (Å²) in [6.07, 6.45) is 1.88. The van der Waals surface area contributed by atoms with Crippen molar-refractivity contribution in [2.45, 2.75) is 30.8 Å². The van der Waals surface area contributed by atoms with Gasteiger partial charge in [-0.2, -0.15) is 0 Å². The van der Waals surface area contributed by atoms with Crippen molar-refractivity contribution in [3.8, 4) is 5.75 Å². The number of hydrogen-bond acceptors (Lipinski definition) is 4. The van der Waals surface area contributed by atoms with E-state index in [4.69, 9.17) is 4.74 Å². The first-order valence-corrected chi connectivity index (χ1v) is 9.82. The predicted molar refractivity (Wildman–Crippen MR) is 104 cm³/mol. The first-order chi connectivity index (χ1) is 14.1. The molecule has 2 heterocycles. The molecule has 2 aliphatic heterocycles. The number of benzene rings is 2. The molecule has 0 radical (unpaired) electrons. The van der Waals surface area contributed by atoms with Gasteiger partial charge >= 0.3 is 6.03 Å². The number of carbonyl (C=O) groups excluding carboxylic acids is 3. The molecular formula is C22H21N3O4. The van der Waals surface area contributed by atoms with E-state index in [0.717, 1.165) is 33.8 Å². The van der Waals surface area contributed by atoms with E-state index in [2.05, 4.69) is 10.6 Å². The molecule has 7 heteroatoms. The van der Waals surface area contributed by atoms with Crippen LogP contribution < -0.4 is 15.4 Å². The van der Waals surface area contributed by atoms with Crippen molar-refractivity contribution in [1.29, 1.82) is 0 Å². The number of amides is 4. The molecule has 29 heavy (non-hydrogen) atoms. The van der Waals surface area contributed by atoms with Gasteiger partial charge < -0.3 is 15.4 Å². The number of imide groups is 1. The van der Waals surface area contributed by atoms with Gasteiger partial charge in [-0.3, -0.25) is 14.5 Å². The molecule has 2 aromatic rings. The molecule has 4 amide bonds. The molecule has 1 spiro atoms. The number of carbonyl (C=O) groups is 3. The van der Waals surface area contributed by atoms with Crippen LogP contribution in [0.4, 0.5) is 4.79 Å². The van der Waals surface area contributed by atoms with E-state index in [1.54, 1.807) is 0 Å². The standard InChI is InChI=1S/C22H21N3O4/c26-19(23-17-10-12-29-18-8-4-2-6-15(17)18)13-25-20(27)22(24-21(25)28)11-9-14-5-1-3-7-16(14)22/h1-8,17H,9-13H2,(H,23,26)(H,24,28). The second-order valence-corrected chi connectivity index (χ2v) is 7.68. The molecular weight excluding hydrogens is 370 g/mol. The average Bonchev–Trinajstić information content (AvgIpc) is 3.22. The lowest BCUT2D eigenvalue weighted by atomic mass is 9.92. The lowest BCUT2D eigenvalue weighted by molar-refractivity contribution is -0.135. The summed E-state index contributed by atoms with van der Waals surface area (Å²) in [5.41, 5.74) is 1.76. The summed E-state index contributed by atoms with van der Waals surface area (Å²) in [5, 5.41) is 5.80. The topological polar surface area (TPSA) is 87.7 Å². The van der Waals surface area contributed by atoms with E-state index in [1.807, 2.05) is 48.5 Å². The fourth-order valence-corrected chi connectivity index (χ4v) is 4.61. The van der Waals surface area contributed by atoms with Crippen molar-refractivity contribution in [2.24, 2.45) is 0 Å². The smallest absolute Gasteiger partial charge is 0.325 e. The second-order valence-electron chi connectivity index (χ2n) is 7.68. The summed E-state index contributed by atoms with van der Waals surface area (Å²) in [5.74, 6) is 0.0362. The highest BCUT2D eigenvalue weighted by atomic mass is 16.5. The van der Waals surface area contributed by atoms with E-state index < -0.39 is 11.6 Å². The highest BCUT2D eigenvalue weighted by molar-refractivity contribution is 6.09. The Kier molecular flexibility index (Phi) is 4.04. The van der Waals surface area contributed by atoms with Crippen LogP contribution in [0.15, 0.2) is 48.5 Å². The van der Waals surface area contributed by atoms with Crippen LogP contribution in [-0.4, -0.2) is 35.9 Å². The maximum absolute atomic E-state index is 13.2. The molecule has 0 saturated carbocycles. The number of rotatable bonds is 3. The van der Waals surface area contributed by atoms with Gasteiger partial charge in [0.1, 0.15) is 17.8 Å². The van der Waals surface area contributed by atoms with Crippen molar-refractivity contribution in [3.05, 3.63) is 65.2 Å². The Hall–Kier alpha value is -3.35. The van der Waals surface area contributed by atoms with Gasteiger partial charge in [-0.1, -0.05) is 42.5 Å². The molecule has 0 bridgehead atoms. The van der Waals surface area contributed by atoms with Gasteiger partial charge in [-0.05, 0) is 30.0 Å². The number of aryl methyl sites for hydroxylation is 1. The number of para-hydroxylation sites is 1. The van der Waals surface area contributed by atoms with Crippen LogP contribution in [0.1, 0.15) is 35.6 Å². The Morgan fingerprint density at radius 3 is 2.86 bits per heavy atom. The van der Waals surface area contributed by atoms with Gasteiger partial charge in [-0.25, -0.2) is 4.79 Å². The number of fused-ring (bicyclic) bond motifs is 3. The third-order valence-electron chi connectivity index (χ3n) is 6.02. The average molecular weight is 391 g/mol. The lowest BCUT2D eigenvalue weighted by Crippen LogP contribution is -2.44. The van der Waals surface area contributed by atoms with E-state index >= 15 is 0 Å². The predicted octanol–water partition coefficient (Wildman–Crippen LogP) is 2.02. The Balaban J connectivity index is 1.32. The third kappa shape index (κ3) is 2.76. The maximum atomic E-state index is 13.2. The normalized spacial score (nSPS) is 24.7. The Morgan fingerprint density at radius 2 is 1.97 bits per heavy atom. The molecule has 3 aliphatic rings. The zero-order valence-electron chi connectivity index (χ0n) is 15.8. The molecule has 2 N–H and O–H groups in total. The third-order valence-corrected chi connectivity index (χ3v) is 6.02. The number of hydrogen-bond donors (Lipinski definition) is 2. The largest absolute Gasteiger partial charge is 0.493 e. The number of nitrogens with one attached hydrogen (secondary N) is 2. The van der Waals surface area contributed by atoms with Gasteiger partial charge in [0.25, 0.3) is 5.91 Å². The summed E-state index contributed by atoms with van der Waals surface area (Å²) >= 11 is 0. The van der Waals surface area contributed by atoms with E-state index in [9.17, 15) is 14.4 Å². The van der Waals surface area contributed by atoms with Gasteiger partial charge in [0, 0.05) is 12.0 Å². The molecule has 148 valence electrons. The quantitative estimate of drug-likeness (QED) is 0.784. The minimum absolute atomic E-state index is 0.200. The summed E-state index contributed by atoms with van der Waals surface area (Å²) in [4.78, 5) is 39.5. The monoisotopic (exact) mass is 391 g/mol. The first kappa shape index (κ1) is 17.7. The highest BCUT2D eigenvalue weighted by Gasteiger charge is 2.55. The molecule has 7 nitrogen and oxygen atoms in total. The van der Waals surface area contributed by atoms with Crippen LogP contribution in [0.2, 0.25) is 0 Å². The summed E-state index contributed by atoms with van der Waals surface area (Å²) in [7, 11) is 0. The molecule has 1 aliphatic carbocycles. The van der Waals surface area contributed by atoms with Crippen LogP contribution in [0.5, 0.6) is 5.75 Å². The van der Waals surface area contributed by atoms with E-state index in [-0.39, 0.29) is 24.4 Å². The number of ether oxygens (including phenoxy) is 1. The van der Waals surface area contributed by atoms with Crippen LogP contribution in [0.3, 0.4) is 0 Å². The Bertz CT molecular complexity index is 1020. The minimum atomic E-state index is -1.04. The van der Waals surface area contributed by atoms with Gasteiger partial charge in [-0.15, -0.1) is 0 Å². The van der Waals surface area contributed by atoms with Crippen LogP contribution in [0.25, 0.3) is 0 Å². The van der Waals surface area contributed by atoms with E-state index in [1.165, 1.54) is 0 Å². The van der Waals surface area contributed by atoms with Crippen molar-refractivity contribution >= 4 is 17.8 Å². The van der Waals surface area contributed by atoms with Gasteiger partial charge in [0.05, 0.1) is 12.6 Å². The van der Waals surface area contributed by atoms with Crippen molar-refractivity contribution < 1.29 is 19.1 Å². The lowest BCUT2D eigenvalue weighted by Gasteiger charge is -2.27. The molecule has 0 aromatic heterocycles. The second kappa shape index (κ2) is 6.62. The molecule has 1 fully saturated rings. The van der Waals surface area contributed by atoms with Crippen LogP contribution >= 0.6 is 0 Å². The van der Waals surface area contributed by atoms with E-state index in [0.29, 0.717) is 19.4 Å². The molecule has 2 atom stereocenters. The SMILES string of the molecule is O=C(CN1C(=O)NC2(CCc3ccccc32)C1=O)NC1CCOc2ccccc21.